The highest BCUT2D eigenvalue weighted by atomic mass is 32.1. The molecule has 1 amide bonds. The quantitative estimate of drug-likeness (QED) is 0.743. The fraction of sp³-hybridized carbons (Fsp3) is 0.556. The summed E-state index contributed by atoms with van der Waals surface area (Å²) in [5.74, 6) is -2.80. The Bertz CT molecular complexity index is 924. The Morgan fingerprint density at radius 1 is 1.28 bits per heavy atom. The van der Waals surface area contributed by atoms with Crippen molar-refractivity contribution >= 4 is 28.5 Å². The molecule has 11 heteroatoms. The van der Waals surface area contributed by atoms with Gasteiger partial charge in [0, 0.05) is 16.7 Å². The van der Waals surface area contributed by atoms with Crippen LogP contribution in [-0.4, -0.2) is 28.9 Å². The number of carbonyl (C=O) groups excluding carboxylic acids is 2. The molecule has 0 saturated heterocycles. The molecule has 156 valence electrons. The van der Waals surface area contributed by atoms with Crippen LogP contribution in [-0.2, 0) is 33.5 Å². The van der Waals surface area contributed by atoms with Gasteiger partial charge in [-0.1, -0.05) is 18.0 Å². The number of fused-ring (bicyclic) bond motifs is 1. The molecule has 0 aromatic carbocycles. The smallest absolute Gasteiger partial charge is 0.376 e. The Balaban J connectivity index is 1.68. The number of hydrogen-bond donors (Lipinski definition) is 1. The summed E-state index contributed by atoms with van der Waals surface area (Å²) in [4.78, 5) is 28.5. The van der Waals surface area contributed by atoms with Crippen LogP contribution in [0.2, 0.25) is 0 Å². The molecule has 3 heterocycles. The number of alkyl halides is 3. The van der Waals surface area contributed by atoms with Crippen LogP contribution in [0.4, 0.5) is 18.2 Å². The average Bonchev–Trinajstić information content (AvgIpc) is 3.32. The second-order valence-corrected chi connectivity index (χ2v) is 8.22. The van der Waals surface area contributed by atoms with Crippen LogP contribution in [0.3, 0.4) is 0 Å². The monoisotopic (exact) mass is 429 g/mol. The fourth-order valence-corrected chi connectivity index (χ4v) is 5.02. The number of hydrogen-bond acceptors (Lipinski definition) is 7. The number of aldehydes is 1. The van der Waals surface area contributed by atoms with Crippen molar-refractivity contribution in [3.05, 3.63) is 16.3 Å². The fourth-order valence-electron chi connectivity index (χ4n) is 3.84. The lowest BCUT2D eigenvalue weighted by atomic mass is 9.79. The summed E-state index contributed by atoms with van der Waals surface area (Å²) in [6, 6.07) is 0. The molecule has 1 unspecified atom stereocenters. The van der Waals surface area contributed by atoms with E-state index in [2.05, 4.69) is 15.5 Å². The van der Waals surface area contributed by atoms with E-state index in [1.165, 1.54) is 11.3 Å². The number of aromatic nitrogens is 2. The van der Waals surface area contributed by atoms with Crippen molar-refractivity contribution in [1.29, 1.82) is 0 Å². The number of anilines is 1. The van der Waals surface area contributed by atoms with Gasteiger partial charge < -0.3 is 19.4 Å². The van der Waals surface area contributed by atoms with Crippen LogP contribution in [0, 0.1) is 11.8 Å². The molecule has 29 heavy (non-hydrogen) atoms. The number of rotatable bonds is 4. The number of ether oxygens (including phenoxy) is 1. The molecular weight excluding hydrogens is 411 g/mol. The molecule has 0 radical (unpaired) electrons. The first-order chi connectivity index (χ1) is 13.9. The Morgan fingerprint density at radius 3 is 2.79 bits per heavy atom. The third-order valence-electron chi connectivity index (χ3n) is 5.28. The first kappa shape index (κ1) is 20.0. The van der Waals surface area contributed by atoms with Crippen LogP contribution in [0.15, 0.2) is 4.52 Å². The van der Waals surface area contributed by atoms with E-state index < -0.39 is 17.9 Å². The molecule has 1 aliphatic heterocycles. The standard InChI is InChI=1S/C18H18F3N3O4S/c19-18(20,21)17-23-15(28-24-17)13-11-5-6-27-8-12(11)29-16(13)22-14(26)10-4-2-1-3-9(10)7-25/h7,9-10H,1-6,8H2,(H,22,26)/t9?,10-/m1/s1. The first-order valence-electron chi connectivity index (χ1n) is 9.28. The molecule has 1 N–H and O–H groups in total. The second kappa shape index (κ2) is 7.86. The highest BCUT2D eigenvalue weighted by Gasteiger charge is 2.39. The average molecular weight is 429 g/mol. The third-order valence-corrected chi connectivity index (χ3v) is 6.40. The minimum Gasteiger partial charge on any atom is -0.376 e. The predicted molar refractivity (Wildman–Crippen MR) is 96.1 cm³/mol. The topological polar surface area (TPSA) is 94.3 Å². The number of nitrogens with zero attached hydrogens (tertiary/aromatic N) is 2. The molecule has 0 spiro atoms. The summed E-state index contributed by atoms with van der Waals surface area (Å²) in [5, 5.41) is 6.18. The zero-order valence-corrected chi connectivity index (χ0v) is 16.1. The Hall–Kier alpha value is -2.27. The molecule has 1 fully saturated rings. The van der Waals surface area contributed by atoms with Gasteiger partial charge in [-0.25, -0.2) is 0 Å². The van der Waals surface area contributed by atoms with E-state index in [0.717, 1.165) is 29.6 Å². The van der Waals surface area contributed by atoms with Gasteiger partial charge in [-0.15, -0.1) is 11.3 Å². The molecule has 2 aromatic rings. The highest BCUT2D eigenvalue weighted by Crippen LogP contribution is 2.44. The van der Waals surface area contributed by atoms with Crippen LogP contribution in [0.1, 0.15) is 41.9 Å². The van der Waals surface area contributed by atoms with E-state index in [1.54, 1.807) is 0 Å². The van der Waals surface area contributed by atoms with Gasteiger partial charge in [-0.3, -0.25) is 4.79 Å². The molecular formula is C18H18F3N3O4S. The summed E-state index contributed by atoms with van der Waals surface area (Å²) >= 11 is 1.22. The van der Waals surface area contributed by atoms with Crippen LogP contribution < -0.4 is 5.32 Å². The number of amides is 1. The van der Waals surface area contributed by atoms with Crippen LogP contribution in [0.5, 0.6) is 0 Å². The van der Waals surface area contributed by atoms with Gasteiger partial charge in [-0.2, -0.15) is 18.2 Å². The number of halogens is 3. The third kappa shape index (κ3) is 3.93. The SMILES string of the molecule is O=CC1CCCC[C@H]1C(=O)Nc1sc2c(c1-c1nc(C(F)(F)F)no1)CCOC2. The van der Waals surface area contributed by atoms with Gasteiger partial charge in [0.2, 0.25) is 5.91 Å². The second-order valence-electron chi connectivity index (χ2n) is 7.11. The number of thiophene rings is 1. The molecule has 2 aliphatic rings. The zero-order valence-electron chi connectivity index (χ0n) is 15.3. The van der Waals surface area contributed by atoms with Crippen molar-refractivity contribution in [3.8, 4) is 11.5 Å². The molecule has 2 aromatic heterocycles. The van der Waals surface area contributed by atoms with E-state index in [0.29, 0.717) is 43.0 Å². The molecule has 0 bridgehead atoms. The van der Waals surface area contributed by atoms with Crippen LogP contribution in [0.25, 0.3) is 11.5 Å². The summed E-state index contributed by atoms with van der Waals surface area (Å²) in [6.07, 6.45) is -0.469. The summed E-state index contributed by atoms with van der Waals surface area (Å²) in [6.45, 7) is 0.698. The van der Waals surface area contributed by atoms with Gasteiger partial charge in [0.15, 0.2) is 0 Å². The summed E-state index contributed by atoms with van der Waals surface area (Å²) < 4.78 is 49.0. The van der Waals surface area contributed by atoms with Gasteiger partial charge in [0.25, 0.3) is 11.7 Å². The first-order valence-corrected chi connectivity index (χ1v) is 10.1. The molecule has 1 saturated carbocycles. The van der Waals surface area contributed by atoms with Crippen molar-refractivity contribution in [2.45, 2.75) is 44.9 Å². The minimum atomic E-state index is -4.73. The Kier molecular flexibility index (Phi) is 5.43. The Morgan fingerprint density at radius 2 is 2.07 bits per heavy atom. The number of carbonyl (C=O) groups is 2. The minimum absolute atomic E-state index is 0.289. The van der Waals surface area contributed by atoms with E-state index in [9.17, 15) is 22.8 Å². The summed E-state index contributed by atoms with van der Waals surface area (Å²) in [7, 11) is 0. The lowest BCUT2D eigenvalue weighted by molar-refractivity contribution is -0.146. The zero-order chi connectivity index (χ0) is 20.6. The van der Waals surface area contributed by atoms with E-state index in [4.69, 9.17) is 9.26 Å². The van der Waals surface area contributed by atoms with E-state index in [1.807, 2.05) is 0 Å². The molecule has 1 aliphatic carbocycles. The largest absolute Gasteiger partial charge is 0.455 e. The highest BCUT2D eigenvalue weighted by molar-refractivity contribution is 7.17. The van der Waals surface area contributed by atoms with Gasteiger partial charge in [-0.05, 0) is 24.8 Å². The van der Waals surface area contributed by atoms with Gasteiger partial charge >= 0.3 is 6.18 Å². The van der Waals surface area contributed by atoms with Crippen molar-refractivity contribution in [3.63, 3.8) is 0 Å². The molecule has 2 atom stereocenters. The van der Waals surface area contributed by atoms with Crippen molar-refractivity contribution < 1.29 is 32.0 Å². The van der Waals surface area contributed by atoms with Crippen molar-refractivity contribution in [2.24, 2.45) is 11.8 Å². The van der Waals surface area contributed by atoms with Gasteiger partial charge in [0.05, 0.1) is 18.8 Å². The van der Waals surface area contributed by atoms with E-state index in [-0.39, 0.29) is 17.7 Å². The van der Waals surface area contributed by atoms with Crippen LogP contribution >= 0.6 is 11.3 Å². The molecule has 4 rings (SSSR count). The Labute approximate surface area is 167 Å². The maximum Gasteiger partial charge on any atom is 0.455 e. The maximum absolute atomic E-state index is 12.9. The molecule has 7 nitrogen and oxygen atoms in total. The summed E-state index contributed by atoms with van der Waals surface area (Å²) in [5.41, 5.74) is 1.05. The lowest BCUT2D eigenvalue weighted by Crippen LogP contribution is -2.32. The number of nitrogens with one attached hydrogen (secondary N) is 1. The van der Waals surface area contributed by atoms with E-state index >= 15 is 0 Å². The van der Waals surface area contributed by atoms with Gasteiger partial charge in [0.1, 0.15) is 11.3 Å². The maximum atomic E-state index is 12.9. The predicted octanol–water partition coefficient (Wildman–Crippen LogP) is 3.83. The lowest BCUT2D eigenvalue weighted by Gasteiger charge is -2.26. The van der Waals surface area contributed by atoms with Crippen molar-refractivity contribution in [2.75, 3.05) is 11.9 Å². The normalized spacial score (nSPS) is 22.2. The van der Waals surface area contributed by atoms with Crippen molar-refractivity contribution in [1.82, 2.24) is 10.1 Å².